The van der Waals surface area contributed by atoms with Crippen LogP contribution in [0, 0.1) is 11.3 Å². The predicted octanol–water partition coefficient (Wildman–Crippen LogP) is 7.20. The minimum Gasteiger partial charge on any atom is -0.461 e. The van der Waals surface area contributed by atoms with Gasteiger partial charge in [-0.2, -0.15) is 0 Å². The van der Waals surface area contributed by atoms with Crippen molar-refractivity contribution in [2.75, 3.05) is 11.9 Å². The summed E-state index contributed by atoms with van der Waals surface area (Å²) >= 11 is 6.22. The Morgan fingerprint density at radius 3 is 2.51 bits per heavy atom. The Kier molecular flexibility index (Phi) is 7.36. The van der Waals surface area contributed by atoms with Crippen LogP contribution in [-0.2, 0) is 17.8 Å². The smallest absolute Gasteiger partial charge is 0.255 e. The molecule has 1 aromatic heterocycles. The van der Waals surface area contributed by atoms with E-state index in [1.165, 1.54) is 0 Å². The van der Waals surface area contributed by atoms with Crippen molar-refractivity contribution in [2.45, 2.75) is 53.5 Å². The molecule has 0 fully saturated rings. The van der Waals surface area contributed by atoms with E-state index in [0.29, 0.717) is 42.4 Å². The second kappa shape index (κ2) is 10.3. The molecule has 184 valence electrons. The van der Waals surface area contributed by atoms with Gasteiger partial charge in [0.1, 0.15) is 11.5 Å². The molecule has 1 aliphatic rings. The minimum atomic E-state index is -0.0686. The Morgan fingerprint density at radius 2 is 1.83 bits per heavy atom. The first-order chi connectivity index (χ1) is 16.6. The fourth-order valence-corrected chi connectivity index (χ4v) is 5.03. The maximum absolute atomic E-state index is 12.9. The Morgan fingerprint density at radius 1 is 1.11 bits per heavy atom. The van der Waals surface area contributed by atoms with Crippen LogP contribution in [0.3, 0.4) is 0 Å². The molecule has 0 spiro atoms. The molecule has 3 aromatic rings. The average molecular weight is 493 g/mol. The van der Waals surface area contributed by atoms with Gasteiger partial charge in [0.25, 0.3) is 5.91 Å². The van der Waals surface area contributed by atoms with E-state index in [1.807, 2.05) is 47.4 Å². The van der Waals surface area contributed by atoms with E-state index < -0.39 is 0 Å². The molecular weight excluding hydrogens is 460 g/mol. The van der Waals surface area contributed by atoms with E-state index in [9.17, 15) is 9.59 Å². The molecule has 2 heterocycles. The number of hydrogen-bond acceptors (Lipinski definition) is 3. The molecule has 2 aromatic carbocycles. The van der Waals surface area contributed by atoms with Crippen molar-refractivity contribution in [1.82, 2.24) is 4.90 Å². The zero-order chi connectivity index (χ0) is 25.2. The molecule has 1 atom stereocenters. The number of hydrogen-bond donors (Lipinski definition) is 1. The van der Waals surface area contributed by atoms with Crippen LogP contribution in [0.15, 0.2) is 59.0 Å². The van der Waals surface area contributed by atoms with E-state index in [4.69, 9.17) is 16.0 Å². The fraction of sp³-hybridized carbons (Fsp3) is 0.379. The Bertz CT molecular complexity index is 1210. The second-order valence-electron chi connectivity index (χ2n) is 10.7. The van der Waals surface area contributed by atoms with Crippen LogP contribution in [0.2, 0.25) is 5.02 Å². The molecule has 0 radical (unpaired) electrons. The highest BCUT2D eigenvalue weighted by atomic mass is 35.5. The molecule has 5 nitrogen and oxygen atoms in total. The molecule has 1 unspecified atom stereocenters. The number of benzene rings is 2. The molecular formula is C29H33ClN2O3. The molecule has 4 rings (SSSR count). The molecule has 0 aliphatic carbocycles. The number of halogens is 1. The summed E-state index contributed by atoms with van der Waals surface area (Å²) in [6.45, 7) is 9.78. The number of furan rings is 1. The third kappa shape index (κ3) is 6.34. The Labute approximate surface area is 212 Å². The van der Waals surface area contributed by atoms with Gasteiger partial charge in [-0.05, 0) is 60.2 Å². The van der Waals surface area contributed by atoms with Gasteiger partial charge in [0, 0.05) is 42.7 Å². The second-order valence-corrected chi connectivity index (χ2v) is 11.1. The molecule has 0 saturated carbocycles. The highest BCUT2D eigenvalue weighted by Gasteiger charge is 2.26. The lowest BCUT2D eigenvalue weighted by atomic mass is 9.84. The molecule has 0 saturated heterocycles. The van der Waals surface area contributed by atoms with Crippen molar-refractivity contribution in [3.8, 4) is 11.3 Å². The first-order valence-corrected chi connectivity index (χ1v) is 12.5. The third-order valence-electron chi connectivity index (χ3n) is 6.21. The van der Waals surface area contributed by atoms with E-state index >= 15 is 0 Å². The molecule has 1 aliphatic heterocycles. The summed E-state index contributed by atoms with van der Waals surface area (Å²) in [5.74, 6) is 1.97. The van der Waals surface area contributed by atoms with Gasteiger partial charge in [-0.15, -0.1) is 0 Å². The first kappa shape index (κ1) is 25.1. The van der Waals surface area contributed by atoms with Gasteiger partial charge < -0.3 is 14.6 Å². The summed E-state index contributed by atoms with van der Waals surface area (Å²) in [5.41, 5.74) is 3.45. The summed E-state index contributed by atoms with van der Waals surface area (Å²) < 4.78 is 6.12. The highest BCUT2D eigenvalue weighted by Crippen LogP contribution is 2.31. The number of carbonyl (C=O) groups excluding carboxylic acids is 2. The number of nitrogens with zero attached hydrogens (tertiary/aromatic N) is 1. The molecule has 35 heavy (non-hydrogen) atoms. The van der Waals surface area contributed by atoms with Crippen LogP contribution in [0.5, 0.6) is 0 Å². The summed E-state index contributed by atoms with van der Waals surface area (Å²) in [4.78, 5) is 27.2. The van der Waals surface area contributed by atoms with Crippen molar-refractivity contribution in [3.05, 3.63) is 76.5 Å². The lowest BCUT2D eigenvalue weighted by Crippen LogP contribution is -2.35. The van der Waals surface area contributed by atoms with Crippen LogP contribution < -0.4 is 5.32 Å². The van der Waals surface area contributed by atoms with Crippen LogP contribution in [0.4, 0.5) is 5.69 Å². The number of nitrogens with one attached hydrogen (secondary N) is 1. The normalized spacial score (nSPS) is 14.4. The van der Waals surface area contributed by atoms with Gasteiger partial charge in [0.15, 0.2) is 0 Å². The van der Waals surface area contributed by atoms with E-state index in [0.717, 1.165) is 34.8 Å². The number of rotatable bonds is 6. The molecule has 1 N–H and O–H groups in total. The Hall–Kier alpha value is -3.05. The van der Waals surface area contributed by atoms with Crippen molar-refractivity contribution < 1.29 is 14.0 Å². The monoisotopic (exact) mass is 492 g/mol. The highest BCUT2D eigenvalue weighted by molar-refractivity contribution is 6.33. The van der Waals surface area contributed by atoms with E-state index in [1.54, 1.807) is 12.1 Å². The van der Waals surface area contributed by atoms with Crippen molar-refractivity contribution in [2.24, 2.45) is 11.3 Å². The van der Waals surface area contributed by atoms with Gasteiger partial charge in [0.05, 0.1) is 10.6 Å². The van der Waals surface area contributed by atoms with E-state index in [-0.39, 0.29) is 17.2 Å². The van der Waals surface area contributed by atoms with Crippen LogP contribution in [-0.4, -0.2) is 23.3 Å². The number of amides is 2. The number of carbonyl (C=O) groups is 2. The van der Waals surface area contributed by atoms with Gasteiger partial charge in [-0.1, -0.05) is 51.4 Å². The van der Waals surface area contributed by atoms with Gasteiger partial charge in [-0.3, -0.25) is 9.59 Å². The summed E-state index contributed by atoms with van der Waals surface area (Å²) in [7, 11) is 0. The lowest BCUT2D eigenvalue weighted by Gasteiger charge is -2.26. The van der Waals surface area contributed by atoms with Gasteiger partial charge >= 0.3 is 0 Å². The van der Waals surface area contributed by atoms with Crippen LogP contribution in [0.1, 0.15) is 62.2 Å². The summed E-state index contributed by atoms with van der Waals surface area (Å²) in [6.07, 6.45) is 2.17. The maximum atomic E-state index is 12.9. The first-order valence-electron chi connectivity index (χ1n) is 12.1. The minimum absolute atomic E-state index is 0.0336. The zero-order valence-corrected chi connectivity index (χ0v) is 21.6. The Balaban J connectivity index is 1.39. The predicted molar refractivity (Wildman–Crippen MR) is 141 cm³/mol. The maximum Gasteiger partial charge on any atom is 0.255 e. The SMILES string of the molecule is CC(CC(=O)Nc1ccc(-c2cc3c(o2)CCN(C(=O)c2ccccc2Cl)C3)cc1)CC(C)(C)C. The topological polar surface area (TPSA) is 62.6 Å². The standard InChI is InChI=1S/C29H33ClN2O3/c1-19(17-29(2,3)4)15-27(33)31-22-11-9-20(10-12-22)26-16-21-18-32(14-13-25(21)35-26)28(34)23-7-5-6-8-24(23)30/h5-12,16,19H,13-15,17-18H2,1-4H3,(H,31,33). The number of anilines is 1. The molecule has 0 bridgehead atoms. The van der Waals surface area contributed by atoms with Gasteiger partial charge in [-0.25, -0.2) is 0 Å². The van der Waals surface area contributed by atoms with Crippen LogP contribution in [0.25, 0.3) is 11.3 Å². The van der Waals surface area contributed by atoms with E-state index in [2.05, 4.69) is 33.0 Å². The average Bonchev–Trinajstić information content (AvgIpc) is 3.21. The molecule has 2 amide bonds. The summed E-state index contributed by atoms with van der Waals surface area (Å²) in [6, 6.07) is 16.8. The van der Waals surface area contributed by atoms with Crippen LogP contribution >= 0.6 is 11.6 Å². The number of fused-ring (bicyclic) bond motifs is 1. The fourth-order valence-electron chi connectivity index (χ4n) is 4.82. The summed E-state index contributed by atoms with van der Waals surface area (Å²) in [5, 5.41) is 3.46. The lowest BCUT2D eigenvalue weighted by molar-refractivity contribution is -0.117. The third-order valence-corrected chi connectivity index (χ3v) is 6.54. The van der Waals surface area contributed by atoms with Gasteiger partial charge in [0.2, 0.25) is 5.91 Å². The largest absolute Gasteiger partial charge is 0.461 e. The quantitative estimate of drug-likeness (QED) is 0.395. The van der Waals surface area contributed by atoms with Crippen molar-refractivity contribution >= 4 is 29.1 Å². The van der Waals surface area contributed by atoms with Crippen molar-refractivity contribution in [3.63, 3.8) is 0 Å². The zero-order valence-electron chi connectivity index (χ0n) is 20.9. The molecule has 6 heteroatoms. The van der Waals surface area contributed by atoms with Crippen molar-refractivity contribution in [1.29, 1.82) is 0 Å².